The normalized spacial score (nSPS) is 10.2. The van der Waals surface area contributed by atoms with E-state index in [1.165, 1.54) is 5.56 Å². The molecule has 0 unspecified atom stereocenters. The van der Waals surface area contributed by atoms with Crippen LogP contribution in [-0.4, -0.2) is 25.0 Å². The fourth-order valence-corrected chi connectivity index (χ4v) is 1.47. The number of terminal acetylenes is 1. The number of nitrogens with two attached hydrogens (primary N) is 1. The summed E-state index contributed by atoms with van der Waals surface area (Å²) in [5, 5.41) is 0. The number of benzene rings is 1. The van der Waals surface area contributed by atoms with Crippen LogP contribution in [0, 0.1) is 12.3 Å². The molecule has 0 heterocycles. The lowest BCUT2D eigenvalue weighted by atomic mass is 10.1. The van der Waals surface area contributed by atoms with Gasteiger partial charge in [0.2, 0.25) is 0 Å². The van der Waals surface area contributed by atoms with E-state index >= 15 is 0 Å². The minimum absolute atomic E-state index is 0.724. The Balaban J connectivity index is 2.26. The fourth-order valence-electron chi connectivity index (χ4n) is 1.47. The predicted molar refractivity (Wildman–Crippen MR) is 65.5 cm³/mol. The van der Waals surface area contributed by atoms with E-state index in [4.69, 9.17) is 12.2 Å². The van der Waals surface area contributed by atoms with Gasteiger partial charge in [0, 0.05) is 5.69 Å². The quantitative estimate of drug-likeness (QED) is 0.582. The van der Waals surface area contributed by atoms with Crippen molar-refractivity contribution in [3.63, 3.8) is 0 Å². The monoisotopic (exact) mass is 202 g/mol. The van der Waals surface area contributed by atoms with Gasteiger partial charge in [-0.1, -0.05) is 18.1 Å². The summed E-state index contributed by atoms with van der Waals surface area (Å²) < 4.78 is 0. The van der Waals surface area contributed by atoms with Crippen LogP contribution in [0.15, 0.2) is 24.3 Å². The van der Waals surface area contributed by atoms with Gasteiger partial charge in [0.05, 0.1) is 6.54 Å². The molecule has 0 amide bonds. The first-order chi connectivity index (χ1) is 7.22. The number of hydrogen-bond acceptors (Lipinski definition) is 2. The van der Waals surface area contributed by atoms with Crippen LogP contribution in [0.2, 0.25) is 0 Å². The zero-order valence-corrected chi connectivity index (χ0v) is 9.24. The van der Waals surface area contributed by atoms with Crippen LogP contribution < -0.4 is 5.73 Å². The standard InChI is InChI=1S/C13H18N2/c1-3-10-15(2)11-4-5-12-6-8-13(14)9-7-12/h1,6-9H,4-5,10-11,14H2,2H3. The van der Waals surface area contributed by atoms with E-state index in [0.717, 1.165) is 31.6 Å². The molecule has 0 aromatic heterocycles. The lowest BCUT2D eigenvalue weighted by Crippen LogP contribution is -2.20. The van der Waals surface area contributed by atoms with Crippen molar-refractivity contribution >= 4 is 5.69 Å². The predicted octanol–water partition coefficient (Wildman–Crippen LogP) is 1.77. The van der Waals surface area contributed by atoms with Crippen molar-refractivity contribution in [1.29, 1.82) is 0 Å². The van der Waals surface area contributed by atoms with Gasteiger partial charge in [-0.15, -0.1) is 6.42 Å². The fraction of sp³-hybridized carbons (Fsp3) is 0.385. The molecule has 1 aromatic carbocycles. The number of nitrogens with zero attached hydrogens (tertiary/aromatic N) is 1. The second-order valence-electron chi connectivity index (χ2n) is 3.79. The molecule has 2 heteroatoms. The first-order valence-corrected chi connectivity index (χ1v) is 5.19. The molecule has 0 spiro atoms. The van der Waals surface area contributed by atoms with Crippen LogP contribution in [0.1, 0.15) is 12.0 Å². The smallest absolute Gasteiger partial charge is 0.0596 e. The first-order valence-electron chi connectivity index (χ1n) is 5.19. The maximum Gasteiger partial charge on any atom is 0.0596 e. The van der Waals surface area contributed by atoms with Gasteiger partial charge >= 0.3 is 0 Å². The third-order valence-electron chi connectivity index (χ3n) is 2.35. The van der Waals surface area contributed by atoms with Crippen LogP contribution in [0.4, 0.5) is 5.69 Å². The van der Waals surface area contributed by atoms with E-state index in [0.29, 0.717) is 0 Å². The molecular formula is C13H18N2. The van der Waals surface area contributed by atoms with E-state index in [1.807, 2.05) is 19.2 Å². The molecule has 0 atom stereocenters. The van der Waals surface area contributed by atoms with Gasteiger partial charge in [0.25, 0.3) is 0 Å². The number of rotatable bonds is 5. The minimum Gasteiger partial charge on any atom is -0.399 e. The minimum atomic E-state index is 0.724. The van der Waals surface area contributed by atoms with Gasteiger partial charge in [0.15, 0.2) is 0 Å². The average Bonchev–Trinajstić information content (AvgIpc) is 2.21. The van der Waals surface area contributed by atoms with Gasteiger partial charge in [-0.05, 0) is 44.1 Å². The molecule has 2 N–H and O–H groups in total. The molecule has 1 rings (SSSR count). The van der Waals surface area contributed by atoms with E-state index in [-0.39, 0.29) is 0 Å². The van der Waals surface area contributed by atoms with Crippen molar-refractivity contribution < 1.29 is 0 Å². The average molecular weight is 202 g/mol. The highest BCUT2D eigenvalue weighted by molar-refractivity contribution is 5.39. The van der Waals surface area contributed by atoms with Gasteiger partial charge in [-0.3, -0.25) is 4.90 Å². The van der Waals surface area contributed by atoms with Crippen molar-refractivity contribution in [2.45, 2.75) is 12.8 Å². The molecular weight excluding hydrogens is 184 g/mol. The Morgan fingerprint density at radius 3 is 2.60 bits per heavy atom. The molecule has 0 fully saturated rings. The van der Waals surface area contributed by atoms with Crippen molar-refractivity contribution in [1.82, 2.24) is 4.90 Å². The Morgan fingerprint density at radius 1 is 1.33 bits per heavy atom. The molecule has 0 aliphatic rings. The van der Waals surface area contributed by atoms with Gasteiger partial charge < -0.3 is 5.73 Å². The summed E-state index contributed by atoms with van der Waals surface area (Å²) in [5.74, 6) is 2.63. The Bertz CT molecular complexity index is 321. The van der Waals surface area contributed by atoms with Crippen molar-refractivity contribution in [2.24, 2.45) is 0 Å². The highest BCUT2D eigenvalue weighted by Gasteiger charge is 1.97. The lowest BCUT2D eigenvalue weighted by molar-refractivity contribution is 0.369. The zero-order valence-electron chi connectivity index (χ0n) is 9.24. The van der Waals surface area contributed by atoms with Crippen LogP contribution in [0.3, 0.4) is 0 Å². The van der Waals surface area contributed by atoms with E-state index in [2.05, 4.69) is 23.0 Å². The highest BCUT2D eigenvalue weighted by Crippen LogP contribution is 2.07. The van der Waals surface area contributed by atoms with Gasteiger partial charge in [-0.2, -0.15) is 0 Å². The molecule has 0 radical (unpaired) electrons. The third kappa shape index (κ3) is 4.53. The van der Waals surface area contributed by atoms with Crippen LogP contribution in [0.5, 0.6) is 0 Å². The summed E-state index contributed by atoms with van der Waals surface area (Å²) >= 11 is 0. The largest absolute Gasteiger partial charge is 0.399 e. The van der Waals surface area contributed by atoms with E-state index in [9.17, 15) is 0 Å². The number of nitrogen functional groups attached to an aromatic ring is 1. The van der Waals surface area contributed by atoms with Gasteiger partial charge in [0.1, 0.15) is 0 Å². The number of aryl methyl sites for hydroxylation is 1. The second kappa shape index (κ2) is 6.10. The molecule has 0 aliphatic heterocycles. The summed E-state index contributed by atoms with van der Waals surface area (Å²) in [5.41, 5.74) is 7.77. The number of anilines is 1. The molecule has 0 aliphatic carbocycles. The van der Waals surface area contributed by atoms with Crippen molar-refractivity contribution in [3.8, 4) is 12.3 Å². The Labute approximate surface area is 92.1 Å². The summed E-state index contributed by atoms with van der Waals surface area (Å²) in [7, 11) is 2.04. The molecule has 0 saturated carbocycles. The zero-order chi connectivity index (χ0) is 11.1. The number of hydrogen-bond donors (Lipinski definition) is 1. The highest BCUT2D eigenvalue weighted by atomic mass is 15.1. The Kier molecular flexibility index (Phi) is 4.73. The molecule has 1 aromatic rings. The second-order valence-corrected chi connectivity index (χ2v) is 3.79. The Hall–Kier alpha value is -1.46. The molecule has 15 heavy (non-hydrogen) atoms. The summed E-state index contributed by atoms with van der Waals surface area (Å²) in [6, 6.07) is 8.05. The van der Waals surface area contributed by atoms with E-state index in [1.54, 1.807) is 0 Å². The lowest BCUT2D eigenvalue weighted by Gasteiger charge is -2.12. The maximum atomic E-state index is 5.61. The summed E-state index contributed by atoms with van der Waals surface area (Å²) in [6.07, 6.45) is 7.43. The summed E-state index contributed by atoms with van der Waals surface area (Å²) in [4.78, 5) is 2.15. The van der Waals surface area contributed by atoms with Crippen molar-refractivity contribution in [2.75, 3.05) is 25.9 Å². The summed E-state index contributed by atoms with van der Waals surface area (Å²) in [6.45, 7) is 1.76. The topological polar surface area (TPSA) is 29.3 Å². The molecule has 0 bridgehead atoms. The Morgan fingerprint density at radius 2 is 2.00 bits per heavy atom. The van der Waals surface area contributed by atoms with Crippen LogP contribution in [-0.2, 0) is 6.42 Å². The maximum absolute atomic E-state index is 5.61. The molecule has 0 saturated heterocycles. The first kappa shape index (κ1) is 11.6. The van der Waals surface area contributed by atoms with Crippen LogP contribution in [0.25, 0.3) is 0 Å². The molecule has 80 valence electrons. The third-order valence-corrected chi connectivity index (χ3v) is 2.35. The van der Waals surface area contributed by atoms with Crippen LogP contribution >= 0.6 is 0 Å². The molecule has 2 nitrogen and oxygen atoms in total. The van der Waals surface area contributed by atoms with E-state index < -0.39 is 0 Å². The van der Waals surface area contributed by atoms with Crippen molar-refractivity contribution in [3.05, 3.63) is 29.8 Å². The SMILES string of the molecule is C#CCN(C)CCCc1ccc(N)cc1. The van der Waals surface area contributed by atoms with Gasteiger partial charge in [-0.25, -0.2) is 0 Å².